The number of carbonyl (C=O) groups is 2. The molecule has 0 heterocycles. The van der Waals surface area contributed by atoms with Crippen LogP contribution in [0.2, 0.25) is 0 Å². The summed E-state index contributed by atoms with van der Waals surface area (Å²) in [6.45, 7) is 0. The van der Waals surface area contributed by atoms with Crippen molar-refractivity contribution in [3.05, 3.63) is 0 Å². The lowest BCUT2D eigenvalue weighted by Crippen LogP contribution is -2.28. The van der Waals surface area contributed by atoms with E-state index in [1.165, 1.54) is 0 Å². The Morgan fingerprint density at radius 2 is 1.79 bits per heavy atom. The topological polar surface area (TPSA) is 107 Å². The van der Waals surface area contributed by atoms with Crippen LogP contribution in [0.25, 0.3) is 0 Å². The average Bonchev–Trinajstić information content (AvgIpc) is 2.41. The lowest BCUT2D eigenvalue weighted by atomic mass is 10.3. The van der Waals surface area contributed by atoms with Crippen LogP contribution < -0.4 is 0 Å². The van der Waals surface area contributed by atoms with Crippen LogP contribution in [-0.4, -0.2) is 44.4 Å². The van der Waals surface area contributed by atoms with E-state index in [-0.39, 0.29) is 5.52 Å². The van der Waals surface area contributed by atoms with E-state index in [1.54, 1.807) is 0 Å². The van der Waals surface area contributed by atoms with Gasteiger partial charge in [-0.1, -0.05) is 15.9 Å². The van der Waals surface area contributed by atoms with E-state index in [2.05, 4.69) is 44.5 Å². The molecule has 0 saturated carbocycles. The summed E-state index contributed by atoms with van der Waals surface area (Å²) in [5.41, 5.74) is -1.72. The summed E-state index contributed by atoms with van der Waals surface area (Å²) >= 11 is 2.85. The van der Waals surface area contributed by atoms with Gasteiger partial charge in [-0.05, 0) is 0 Å². The van der Waals surface area contributed by atoms with E-state index in [0.717, 1.165) is 21.3 Å². The fourth-order valence-electron chi connectivity index (χ4n) is 1.02. The Hall–Kier alpha value is -0.510. The third-order valence-electron chi connectivity index (χ3n) is 1.82. The number of halogens is 1. The van der Waals surface area contributed by atoms with E-state index in [9.17, 15) is 14.2 Å². The lowest BCUT2D eigenvalue weighted by molar-refractivity contribution is -0.247. The molecule has 0 bridgehead atoms. The molecule has 19 heavy (non-hydrogen) atoms. The molecule has 0 aromatic heterocycles. The number of hydrogen-bond donors (Lipinski definition) is 0. The molecular weight excluding hydrogens is 351 g/mol. The zero-order valence-corrected chi connectivity index (χ0v) is 13.0. The second-order valence-corrected chi connectivity index (χ2v) is 5.36. The molecule has 2 atom stereocenters. The minimum absolute atomic E-state index is 0.143. The summed E-state index contributed by atoms with van der Waals surface area (Å²) in [5, 5.41) is 0. The van der Waals surface area contributed by atoms with E-state index < -0.39 is 31.6 Å². The number of ether oxygens (including phenoxy) is 2. The average molecular weight is 365 g/mol. The van der Waals surface area contributed by atoms with E-state index in [1.807, 2.05) is 0 Å². The molecule has 0 N–H and O–H groups in total. The van der Waals surface area contributed by atoms with Crippen molar-refractivity contribution in [1.82, 2.24) is 0 Å². The van der Waals surface area contributed by atoms with Crippen LogP contribution in [0.5, 0.6) is 0 Å². The molecule has 0 aliphatic heterocycles. The molecule has 0 rings (SSSR count). The van der Waals surface area contributed by atoms with Crippen molar-refractivity contribution in [3.63, 3.8) is 0 Å². The molecule has 9 nitrogen and oxygen atoms in total. The first-order valence-electron chi connectivity index (χ1n) is 4.79. The van der Waals surface area contributed by atoms with E-state index in [0.29, 0.717) is 0 Å². The first-order valence-corrected chi connectivity index (χ1v) is 7.52. The molecule has 0 spiro atoms. The Morgan fingerprint density at radius 3 is 2.21 bits per heavy atom. The molecule has 0 aromatic carbocycles. The Balaban J connectivity index is 5.17. The fraction of sp³-hybridized carbons (Fsp3) is 0.750. The monoisotopic (exact) mass is 364 g/mol. The van der Waals surface area contributed by atoms with Crippen LogP contribution in [-0.2, 0) is 42.8 Å². The largest absolute Gasteiger partial charge is 0.469 e. The molecule has 0 aliphatic rings. The summed E-state index contributed by atoms with van der Waals surface area (Å²) in [7, 11) is -1.03. The van der Waals surface area contributed by atoms with Crippen molar-refractivity contribution < 1.29 is 42.8 Å². The Labute approximate surface area is 117 Å². The van der Waals surface area contributed by atoms with Crippen molar-refractivity contribution >= 4 is 35.5 Å². The molecule has 0 saturated heterocycles. The molecular formula is C8H14BrO9P. The lowest BCUT2D eigenvalue weighted by Gasteiger charge is -2.21. The summed E-state index contributed by atoms with van der Waals surface area (Å²) in [5.74, 6) is -1.80. The maximum Gasteiger partial charge on any atom is 0.398 e. The molecule has 11 heteroatoms. The van der Waals surface area contributed by atoms with Crippen LogP contribution in [0.4, 0.5) is 0 Å². The standard InChI is InChI=1S/C8H14BrO9P/c1-13-7(10)4-6(8(11)14-2)19(12,17-15-3)18-16-5-9/h6H,4-5H2,1-3H3. The number of hydrogen-bond acceptors (Lipinski definition) is 9. The highest BCUT2D eigenvalue weighted by molar-refractivity contribution is 9.09. The predicted molar refractivity (Wildman–Crippen MR) is 64.1 cm³/mol. The van der Waals surface area contributed by atoms with Crippen LogP contribution in [0, 0.1) is 0 Å². The van der Waals surface area contributed by atoms with Crippen molar-refractivity contribution in [2.75, 3.05) is 26.8 Å². The van der Waals surface area contributed by atoms with Gasteiger partial charge in [-0.25, -0.2) is 9.78 Å². The van der Waals surface area contributed by atoms with Gasteiger partial charge < -0.3 is 9.47 Å². The van der Waals surface area contributed by atoms with Gasteiger partial charge in [-0.2, -0.15) is 0 Å². The molecule has 2 unspecified atom stereocenters. The molecule has 0 amide bonds. The van der Waals surface area contributed by atoms with Crippen molar-refractivity contribution in [2.45, 2.75) is 12.1 Å². The zero-order chi connectivity index (χ0) is 14.9. The predicted octanol–water partition coefficient (Wildman–Crippen LogP) is 1.16. The molecule has 0 radical (unpaired) electrons. The van der Waals surface area contributed by atoms with E-state index >= 15 is 0 Å². The van der Waals surface area contributed by atoms with Gasteiger partial charge in [0.1, 0.15) is 5.52 Å². The van der Waals surface area contributed by atoms with Crippen molar-refractivity contribution in [1.29, 1.82) is 0 Å². The van der Waals surface area contributed by atoms with Gasteiger partial charge in [-0.15, -0.1) is 9.35 Å². The third-order valence-corrected chi connectivity index (χ3v) is 3.84. The second kappa shape index (κ2) is 9.40. The first kappa shape index (κ1) is 18.5. The number of carbonyl (C=O) groups excluding carboxylic acids is 2. The summed E-state index contributed by atoms with van der Waals surface area (Å²) in [6, 6.07) is 0. The molecule has 0 aliphatic carbocycles. The summed E-state index contributed by atoms with van der Waals surface area (Å²) in [6.07, 6.45) is -0.588. The Morgan fingerprint density at radius 1 is 1.16 bits per heavy atom. The summed E-state index contributed by atoms with van der Waals surface area (Å²) < 4.78 is 30.1. The van der Waals surface area contributed by atoms with Gasteiger partial charge in [0.25, 0.3) is 0 Å². The minimum atomic E-state index is -4.24. The van der Waals surface area contributed by atoms with Gasteiger partial charge in [-0.3, -0.25) is 14.2 Å². The van der Waals surface area contributed by atoms with Crippen LogP contribution in [0.1, 0.15) is 6.42 Å². The SMILES string of the molecule is COOP(=O)(OOCBr)C(CC(=O)OC)C(=O)OC. The van der Waals surface area contributed by atoms with Gasteiger partial charge in [0.05, 0.1) is 27.8 Å². The van der Waals surface area contributed by atoms with Crippen molar-refractivity contribution in [3.8, 4) is 0 Å². The van der Waals surface area contributed by atoms with Gasteiger partial charge in [0, 0.05) is 0 Å². The molecule has 0 aromatic rings. The highest BCUT2D eigenvalue weighted by Crippen LogP contribution is 2.55. The molecule has 112 valence electrons. The van der Waals surface area contributed by atoms with Crippen LogP contribution >= 0.6 is 23.5 Å². The Bertz CT molecular complexity index is 347. The Kier molecular flexibility index (Phi) is 9.15. The highest BCUT2D eigenvalue weighted by Gasteiger charge is 2.46. The number of alkyl halides is 1. The van der Waals surface area contributed by atoms with Gasteiger partial charge >= 0.3 is 19.5 Å². The third kappa shape index (κ3) is 5.98. The first-order chi connectivity index (χ1) is 8.95. The smallest absolute Gasteiger partial charge is 0.398 e. The zero-order valence-electron chi connectivity index (χ0n) is 10.5. The highest BCUT2D eigenvalue weighted by atomic mass is 79.9. The second-order valence-electron chi connectivity index (χ2n) is 2.90. The van der Waals surface area contributed by atoms with E-state index in [4.69, 9.17) is 0 Å². The maximum atomic E-state index is 12.3. The number of methoxy groups -OCH3 is 2. The fourth-order valence-corrected chi connectivity index (χ4v) is 2.63. The normalized spacial score (nSPS) is 15.4. The molecule has 0 fully saturated rings. The quantitative estimate of drug-likeness (QED) is 0.196. The minimum Gasteiger partial charge on any atom is -0.469 e. The van der Waals surface area contributed by atoms with Gasteiger partial charge in [0.2, 0.25) is 0 Å². The van der Waals surface area contributed by atoms with Crippen molar-refractivity contribution in [2.24, 2.45) is 0 Å². The van der Waals surface area contributed by atoms with Crippen LogP contribution in [0.15, 0.2) is 0 Å². The number of esters is 2. The van der Waals surface area contributed by atoms with Gasteiger partial charge in [0.15, 0.2) is 5.66 Å². The summed E-state index contributed by atoms with van der Waals surface area (Å²) in [4.78, 5) is 31.5. The maximum absolute atomic E-state index is 12.3. The number of rotatable bonds is 9. The van der Waals surface area contributed by atoms with Crippen LogP contribution in [0.3, 0.4) is 0 Å².